The highest BCUT2D eigenvalue weighted by Gasteiger charge is 2.20. The minimum Gasteiger partial charge on any atom is -0.379 e. The zero-order valence-electron chi connectivity index (χ0n) is 17.7. The van der Waals surface area contributed by atoms with Crippen molar-refractivity contribution >= 4 is 5.91 Å². The number of fused-ring (bicyclic) bond motifs is 1. The first kappa shape index (κ1) is 20.9. The minimum absolute atomic E-state index is 0.0366. The molecule has 1 aromatic heterocycles. The Morgan fingerprint density at radius 3 is 2.77 bits per heavy atom. The molecule has 0 N–H and O–H groups in total. The van der Waals surface area contributed by atoms with Crippen molar-refractivity contribution in [2.45, 2.75) is 32.5 Å². The number of carbonyl (C=O) groups excluding carboxylic acids is 1. The van der Waals surface area contributed by atoms with Gasteiger partial charge in [-0.15, -0.1) is 5.10 Å². The number of nitrogens with zero attached hydrogens (tertiary/aromatic N) is 7. The summed E-state index contributed by atoms with van der Waals surface area (Å²) in [7, 11) is 1.85. The highest BCUT2D eigenvalue weighted by atomic mass is 16.5. The lowest BCUT2D eigenvalue weighted by Gasteiger charge is -2.28. The number of carbonyl (C=O) groups is 1. The Morgan fingerprint density at radius 2 is 1.93 bits per heavy atom. The lowest BCUT2D eigenvalue weighted by molar-refractivity contribution is -0.130. The van der Waals surface area contributed by atoms with Crippen LogP contribution in [0.4, 0.5) is 0 Å². The molecule has 0 spiro atoms. The third-order valence-electron chi connectivity index (χ3n) is 5.96. The molecule has 2 aliphatic heterocycles. The number of rotatable bonds is 8. The van der Waals surface area contributed by atoms with E-state index in [0.29, 0.717) is 6.54 Å². The zero-order chi connectivity index (χ0) is 20.8. The normalized spacial score (nSPS) is 17.6. The summed E-state index contributed by atoms with van der Waals surface area (Å²) in [6.45, 7) is 7.98. The quantitative estimate of drug-likeness (QED) is 0.620. The molecular formula is C21H31N7O2. The van der Waals surface area contributed by atoms with E-state index in [1.807, 2.05) is 7.05 Å². The van der Waals surface area contributed by atoms with Crippen LogP contribution in [0.2, 0.25) is 0 Å². The van der Waals surface area contributed by atoms with Crippen molar-refractivity contribution in [2.24, 2.45) is 0 Å². The highest BCUT2D eigenvalue weighted by Crippen LogP contribution is 2.19. The van der Waals surface area contributed by atoms with Crippen LogP contribution >= 0.6 is 0 Å². The van der Waals surface area contributed by atoms with E-state index < -0.39 is 0 Å². The molecule has 9 heteroatoms. The van der Waals surface area contributed by atoms with Crippen LogP contribution in [0.25, 0.3) is 0 Å². The van der Waals surface area contributed by atoms with Gasteiger partial charge in [-0.25, -0.2) is 4.68 Å². The maximum Gasteiger partial charge on any atom is 0.244 e. The number of ether oxygens (including phenoxy) is 1. The summed E-state index contributed by atoms with van der Waals surface area (Å²) in [5.41, 5.74) is 2.78. The third kappa shape index (κ3) is 5.41. The van der Waals surface area contributed by atoms with Crippen LogP contribution in [0.1, 0.15) is 23.4 Å². The molecule has 4 rings (SSSR count). The number of tetrazole rings is 1. The molecule has 2 aromatic rings. The van der Waals surface area contributed by atoms with Gasteiger partial charge in [-0.3, -0.25) is 14.6 Å². The van der Waals surface area contributed by atoms with Crippen LogP contribution in [0.5, 0.6) is 0 Å². The zero-order valence-corrected chi connectivity index (χ0v) is 17.7. The standard InChI is InChI=1S/C21H31N7O2/c1-25(8-4-9-26-11-13-30-14-12-26)21(29)17-28-20(22-23-24-28)16-27-10-7-18-5-2-3-6-19(18)15-27/h2-3,5-6H,4,7-17H2,1H3. The van der Waals surface area contributed by atoms with Gasteiger partial charge >= 0.3 is 0 Å². The van der Waals surface area contributed by atoms with E-state index in [4.69, 9.17) is 4.74 Å². The Kier molecular flexibility index (Phi) is 7.03. The number of amides is 1. The second-order valence-corrected chi connectivity index (χ2v) is 8.10. The van der Waals surface area contributed by atoms with Crippen LogP contribution in [-0.2, 0) is 35.6 Å². The van der Waals surface area contributed by atoms with Crippen LogP contribution in [-0.4, -0.2) is 93.8 Å². The smallest absolute Gasteiger partial charge is 0.244 e. The van der Waals surface area contributed by atoms with Crippen molar-refractivity contribution in [2.75, 3.05) is 53.0 Å². The second kappa shape index (κ2) is 10.1. The van der Waals surface area contributed by atoms with Gasteiger partial charge in [-0.2, -0.15) is 0 Å². The van der Waals surface area contributed by atoms with Crippen LogP contribution < -0.4 is 0 Å². The molecule has 1 aromatic carbocycles. The van der Waals surface area contributed by atoms with Gasteiger partial charge in [0.05, 0.1) is 19.8 Å². The summed E-state index contributed by atoms with van der Waals surface area (Å²) in [6.07, 6.45) is 1.99. The number of likely N-dealkylation sites (N-methyl/N-ethyl adjacent to an activating group) is 1. The number of morpholine rings is 1. The van der Waals surface area contributed by atoms with E-state index >= 15 is 0 Å². The molecular weight excluding hydrogens is 382 g/mol. The molecule has 3 heterocycles. The number of hydrogen-bond donors (Lipinski definition) is 0. The van der Waals surface area contributed by atoms with Gasteiger partial charge in [0.1, 0.15) is 6.54 Å². The molecule has 9 nitrogen and oxygen atoms in total. The van der Waals surface area contributed by atoms with E-state index in [-0.39, 0.29) is 12.5 Å². The molecule has 1 fully saturated rings. The number of hydrogen-bond acceptors (Lipinski definition) is 7. The van der Waals surface area contributed by atoms with Gasteiger partial charge in [0.15, 0.2) is 5.82 Å². The molecule has 0 aliphatic carbocycles. The third-order valence-corrected chi connectivity index (χ3v) is 5.96. The monoisotopic (exact) mass is 413 g/mol. The van der Waals surface area contributed by atoms with Crippen molar-refractivity contribution < 1.29 is 9.53 Å². The van der Waals surface area contributed by atoms with Crippen molar-refractivity contribution in [3.63, 3.8) is 0 Å². The molecule has 0 radical (unpaired) electrons. The first-order chi connectivity index (χ1) is 14.7. The molecule has 1 amide bonds. The number of aromatic nitrogens is 4. The fraction of sp³-hybridized carbons (Fsp3) is 0.619. The summed E-state index contributed by atoms with van der Waals surface area (Å²) in [4.78, 5) is 19.2. The SMILES string of the molecule is CN(CCCN1CCOCC1)C(=O)Cn1nnnc1CN1CCc2ccccc2C1. The van der Waals surface area contributed by atoms with E-state index in [0.717, 1.165) is 71.1 Å². The predicted octanol–water partition coefficient (Wildman–Crippen LogP) is 0.412. The lowest BCUT2D eigenvalue weighted by atomic mass is 10.00. The van der Waals surface area contributed by atoms with Crippen molar-refractivity contribution in [3.8, 4) is 0 Å². The van der Waals surface area contributed by atoms with Crippen molar-refractivity contribution in [1.29, 1.82) is 0 Å². The predicted molar refractivity (Wildman–Crippen MR) is 112 cm³/mol. The van der Waals surface area contributed by atoms with Gasteiger partial charge in [-0.05, 0) is 34.4 Å². The summed E-state index contributed by atoms with van der Waals surface area (Å²) in [5.74, 6) is 0.777. The van der Waals surface area contributed by atoms with Gasteiger partial charge in [0, 0.05) is 46.3 Å². The summed E-state index contributed by atoms with van der Waals surface area (Å²) in [5, 5.41) is 12.0. The van der Waals surface area contributed by atoms with Crippen LogP contribution in [0, 0.1) is 0 Å². The Morgan fingerprint density at radius 1 is 1.13 bits per heavy atom. The van der Waals surface area contributed by atoms with E-state index in [9.17, 15) is 4.79 Å². The minimum atomic E-state index is 0.0366. The largest absolute Gasteiger partial charge is 0.379 e. The maximum atomic E-state index is 12.7. The lowest BCUT2D eigenvalue weighted by Crippen LogP contribution is -2.39. The Balaban J connectivity index is 1.25. The van der Waals surface area contributed by atoms with Crippen molar-refractivity contribution in [3.05, 3.63) is 41.2 Å². The average Bonchev–Trinajstić information content (AvgIpc) is 3.20. The Hall–Kier alpha value is -2.36. The van der Waals surface area contributed by atoms with Gasteiger partial charge in [-0.1, -0.05) is 24.3 Å². The Labute approximate surface area is 177 Å². The van der Waals surface area contributed by atoms with E-state index in [1.54, 1.807) is 9.58 Å². The first-order valence-electron chi connectivity index (χ1n) is 10.8. The van der Waals surface area contributed by atoms with Gasteiger partial charge < -0.3 is 9.64 Å². The van der Waals surface area contributed by atoms with Gasteiger partial charge in [0.2, 0.25) is 5.91 Å². The molecule has 0 atom stereocenters. The summed E-state index contributed by atoms with van der Waals surface area (Å²) in [6, 6.07) is 8.56. The van der Waals surface area contributed by atoms with Gasteiger partial charge in [0.25, 0.3) is 0 Å². The molecule has 2 aliphatic rings. The van der Waals surface area contributed by atoms with Crippen LogP contribution in [0.15, 0.2) is 24.3 Å². The first-order valence-corrected chi connectivity index (χ1v) is 10.8. The van der Waals surface area contributed by atoms with Crippen molar-refractivity contribution in [1.82, 2.24) is 34.9 Å². The maximum absolute atomic E-state index is 12.7. The van der Waals surface area contributed by atoms with E-state index in [1.165, 1.54) is 11.1 Å². The highest BCUT2D eigenvalue weighted by molar-refractivity contribution is 5.75. The topological polar surface area (TPSA) is 79.6 Å². The fourth-order valence-corrected chi connectivity index (χ4v) is 4.08. The summed E-state index contributed by atoms with van der Waals surface area (Å²) < 4.78 is 7.02. The molecule has 0 saturated carbocycles. The second-order valence-electron chi connectivity index (χ2n) is 8.10. The molecule has 162 valence electrons. The summed E-state index contributed by atoms with van der Waals surface area (Å²) >= 11 is 0. The fourth-order valence-electron chi connectivity index (χ4n) is 4.08. The Bertz CT molecular complexity index is 834. The molecule has 1 saturated heterocycles. The average molecular weight is 414 g/mol. The molecule has 30 heavy (non-hydrogen) atoms. The van der Waals surface area contributed by atoms with E-state index in [2.05, 4.69) is 49.6 Å². The molecule has 0 unspecified atom stereocenters. The number of benzene rings is 1. The molecule has 0 bridgehead atoms. The van der Waals surface area contributed by atoms with Crippen LogP contribution in [0.3, 0.4) is 0 Å².